The molecule has 1 aliphatic rings. The molecule has 1 N–H and O–H groups in total. The molecule has 0 bridgehead atoms. The number of para-hydroxylation sites is 1. The van der Waals surface area contributed by atoms with Crippen molar-refractivity contribution >= 4 is 16.8 Å². The van der Waals surface area contributed by atoms with Crippen molar-refractivity contribution < 1.29 is 18.7 Å². The van der Waals surface area contributed by atoms with E-state index in [9.17, 15) is 9.18 Å². The van der Waals surface area contributed by atoms with E-state index in [4.69, 9.17) is 9.47 Å². The molecule has 3 aromatic carbocycles. The van der Waals surface area contributed by atoms with E-state index >= 15 is 0 Å². The molecule has 0 unspecified atom stereocenters. The Morgan fingerprint density at radius 2 is 1.77 bits per heavy atom. The summed E-state index contributed by atoms with van der Waals surface area (Å²) in [5, 5.41) is 1.09. The van der Waals surface area contributed by atoms with Gasteiger partial charge in [-0.05, 0) is 73.7 Å². The van der Waals surface area contributed by atoms with Crippen molar-refractivity contribution in [2.75, 3.05) is 7.11 Å². The molecule has 0 atom stereocenters. The third kappa shape index (κ3) is 4.74. The van der Waals surface area contributed by atoms with Crippen LogP contribution >= 0.6 is 0 Å². The van der Waals surface area contributed by atoms with Crippen molar-refractivity contribution in [1.82, 2.24) is 9.88 Å². The second-order valence-electron chi connectivity index (χ2n) is 9.17. The molecular formula is C29H29FN2O3. The van der Waals surface area contributed by atoms with Crippen molar-refractivity contribution in [3.8, 4) is 11.5 Å². The number of aryl methyl sites for hydroxylation is 2. The van der Waals surface area contributed by atoms with E-state index in [0.717, 1.165) is 40.6 Å². The Morgan fingerprint density at radius 3 is 2.49 bits per heavy atom. The maximum absolute atomic E-state index is 13.7. The lowest BCUT2D eigenvalue weighted by Crippen LogP contribution is -2.32. The molecule has 1 aromatic heterocycles. The molecule has 180 valence electrons. The van der Waals surface area contributed by atoms with E-state index in [0.29, 0.717) is 30.2 Å². The fourth-order valence-corrected chi connectivity index (χ4v) is 4.44. The standard InChI is InChI=1S/C29H29FN2O3/c1-18-19(2)31-28-24(18)5-4-6-25(28)29(33)32(23-12-13-23)16-21-9-14-26(27(15-21)34-3)35-17-20-7-10-22(30)11-8-20/h4-11,14-15,23,31H,12-13,16-17H2,1-3H3. The van der Waals surface area contributed by atoms with Gasteiger partial charge in [-0.25, -0.2) is 4.39 Å². The number of aromatic amines is 1. The zero-order chi connectivity index (χ0) is 24.5. The molecule has 4 aromatic rings. The zero-order valence-electron chi connectivity index (χ0n) is 20.2. The van der Waals surface area contributed by atoms with Gasteiger partial charge in [-0.3, -0.25) is 4.79 Å². The largest absolute Gasteiger partial charge is 0.493 e. The molecule has 35 heavy (non-hydrogen) atoms. The van der Waals surface area contributed by atoms with Crippen LogP contribution < -0.4 is 9.47 Å². The smallest absolute Gasteiger partial charge is 0.256 e. The number of hydrogen-bond donors (Lipinski definition) is 1. The third-order valence-electron chi connectivity index (χ3n) is 6.71. The number of fused-ring (bicyclic) bond motifs is 1. The number of ether oxygens (including phenoxy) is 2. The van der Waals surface area contributed by atoms with Gasteiger partial charge in [0, 0.05) is 23.7 Å². The Labute approximate surface area is 204 Å². The van der Waals surface area contributed by atoms with Crippen molar-refractivity contribution in [3.63, 3.8) is 0 Å². The van der Waals surface area contributed by atoms with Gasteiger partial charge in [0.15, 0.2) is 11.5 Å². The monoisotopic (exact) mass is 472 g/mol. The van der Waals surface area contributed by atoms with Gasteiger partial charge in [0.05, 0.1) is 18.2 Å². The van der Waals surface area contributed by atoms with Crippen LogP contribution in [-0.2, 0) is 13.2 Å². The molecule has 5 rings (SSSR count). The highest BCUT2D eigenvalue weighted by Gasteiger charge is 2.34. The summed E-state index contributed by atoms with van der Waals surface area (Å²) in [4.78, 5) is 19.1. The van der Waals surface area contributed by atoms with Gasteiger partial charge >= 0.3 is 0 Å². The highest BCUT2D eigenvalue weighted by molar-refractivity contribution is 6.06. The summed E-state index contributed by atoms with van der Waals surface area (Å²) in [6.45, 7) is 4.91. The Bertz CT molecular complexity index is 1370. The predicted molar refractivity (Wildman–Crippen MR) is 134 cm³/mol. The highest BCUT2D eigenvalue weighted by Crippen LogP contribution is 2.34. The fourth-order valence-electron chi connectivity index (χ4n) is 4.44. The van der Waals surface area contributed by atoms with E-state index in [1.807, 2.05) is 42.2 Å². The van der Waals surface area contributed by atoms with E-state index in [-0.39, 0.29) is 17.8 Å². The highest BCUT2D eigenvalue weighted by atomic mass is 19.1. The second kappa shape index (κ2) is 9.45. The average molecular weight is 473 g/mol. The zero-order valence-corrected chi connectivity index (χ0v) is 20.2. The first-order valence-corrected chi connectivity index (χ1v) is 11.9. The Morgan fingerprint density at radius 1 is 1.03 bits per heavy atom. The number of methoxy groups -OCH3 is 1. The molecule has 1 heterocycles. The Hall–Kier alpha value is -3.80. The number of carbonyl (C=O) groups is 1. The first-order valence-electron chi connectivity index (χ1n) is 11.9. The predicted octanol–water partition coefficient (Wildman–Crippen LogP) is 6.32. The number of rotatable bonds is 8. The molecule has 0 aliphatic heterocycles. The minimum Gasteiger partial charge on any atom is -0.493 e. The number of amides is 1. The molecule has 6 heteroatoms. The summed E-state index contributed by atoms with van der Waals surface area (Å²) in [6.07, 6.45) is 2.03. The summed E-state index contributed by atoms with van der Waals surface area (Å²) in [7, 11) is 1.60. The van der Waals surface area contributed by atoms with Crippen LogP contribution in [0.1, 0.15) is 45.6 Å². The Kier molecular flexibility index (Phi) is 6.20. The molecule has 0 saturated heterocycles. The van der Waals surface area contributed by atoms with Gasteiger partial charge in [-0.1, -0.05) is 30.3 Å². The first kappa shape index (κ1) is 23.0. The minimum absolute atomic E-state index is 0.0370. The van der Waals surface area contributed by atoms with E-state index in [2.05, 4.69) is 18.0 Å². The maximum atomic E-state index is 13.7. The number of aromatic nitrogens is 1. The molecule has 0 spiro atoms. The Balaban J connectivity index is 1.36. The second-order valence-corrected chi connectivity index (χ2v) is 9.17. The number of carbonyl (C=O) groups excluding carboxylic acids is 1. The first-order chi connectivity index (χ1) is 16.9. The quantitative estimate of drug-likeness (QED) is 0.327. The van der Waals surface area contributed by atoms with Gasteiger partial charge in [0.25, 0.3) is 5.91 Å². The molecule has 5 nitrogen and oxygen atoms in total. The number of nitrogens with zero attached hydrogens (tertiary/aromatic N) is 1. The summed E-state index contributed by atoms with van der Waals surface area (Å²) >= 11 is 0. The number of nitrogens with one attached hydrogen (secondary N) is 1. The lowest BCUT2D eigenvalue weighted by atomic mass is 10.1. The summed E-state index contributed by atoms with van der Waals surface area (Å²) in [5.41, 5.74) is 5.71. The fraction of sp³-hybridized carbons (Fsp3) is 0.276. The van der Waals surface area contributed by atoms with Gasteiger partial charge in [0.1, 0.15) is 12.4 Å². The van der Waals surface area contributed by atoms with Gasteiger partial charge in [-0.2, -0.15) is 0 Å². The van der Waals surface area contributed by atoms with Crippen LogP contribution in [0.2, 0.25) is 0 Å². The van der Waals surface area contributed by atoms with Crippen LogP contribution in [-0.4, -0.2) is 28.9 Å². The lowest BCUT2D eigenvalue weighted by molar-refractivity contribution is 0.0731. The SMILES string of the molecule is COc1cc(CN(C(=O)c2cccc3c(C)c(C)[nH]c23)C2CC2)ccc1OCc1ccc(F)cc1. The number of benzene rings is 3. The molecule has 1 fully saturated rings. The number of halogens is 1. The van der Waals surface area contributed by atoms with Crippen LogP contribution in [0.25, 0.3) is 10.9 Å². The van der Waals surface area contributed by atoms with Gasteiger partial charge < -0.3 is 19.4 Å². The summed E-state index contributed by atoms with van der Waals surface area (Å²) in [6, 6.07) is 18.1. The average Bonchev–Trinajstić information content (AvgIpc) is 3.67. The van der Waals surface area contributed by atoms with E-state index in [1.54, 1.807) is 19.2 Å². The maximum Gasteiger partial charge on any atom is 0.256 e. The number of H-pyrrole nitrogens is 1. The summed E-state index contributed by atoms with van der Waals surface area (Å²) < 4.78 is 24.6. The van der Waals surface area contributed by atoms with Crippen LogP contribution in [0.15, 0.2) is 60.7 Å². The topological polar surface area (TPSA) is 54.6 Å². The minimum atomic E-state index is -0.275. The van der Waals surface area contributed by atoms with Crippen LogP contribution in [0, 0.1) is 19.7 Å². The molecular weight excluding hydrogens is 443 g/mol. The lowest BCUT2D eigenvalue weighted by Gasteiger charge is -2.23. The van der Waals surface area contributed by atoms with Crippen molar-refractivity contribution in [2.24, 2.45) is 0 Å². The van der Waals surface area contributed by atoms with Crippen LogP contribution in [0.5, 0.6) is 11.5 Å². The molecule has 0 radical (unpaired) electrons. The normalized spacial score (nSPS) is 13.1. The van der Waals surface area contributed by atoms with Gasteiger partial charge in [0.2, 0.25) is 0 Å². The van der Waals surface area contributed by atoms with Crippen molar-refractivity contribution in [2.45, 2.75) is 45.9 Å². The van der Waals surface area contributed by atoms with Crippen LogP contribution in [0.4, 0.5) is 4.39 Å². The molecule has 1 saturated carbocycles. The van der Waals surface area contributed by atoms with Gasteiger partial charge in [-0.15, -0.1) is 0 Å². The third-order valence-corrected chi connectivity index (χ3v) is 6.71. The van der Waals surface area contributed by atoms with Crippen molar-refractivity contribution in [3.05, 3.63) is 94.4 Å². The van der Waals surface area contributed by atoms with E-state index in [1.165, 1.54) is 17.7 Å². The molecule has 1 aliphatic carbocycles. The summed E-state index contributed by atoms with van der Waals surface area (Å²) in [5.74, 6) is 0.968. The van der Waals surface area contributed by atoms with Crippen LogP contribution in [0.3, 0.4) is 0 Å². The number of hydrogen-bond acceptors (Lipinski definition) is 3. The van der Waals surface area contributed by atoms with E-state index < -0.39 is 0 Å². The molecule has 1 amide bonds. The van der Waals surface area contributed by atoms with Crippen molar-refractivity contribution in [1.29, 1.82) is 0 Å².